The van der Waals surface area contributed by atoms with Crippen molar-refractivity contribution >= 4 is 6.09 Å². The van der Waals surface area contributed by atoms with Crippen LogP contribution < -0.4 is 5.32 Å². The van der Waals surface area contributed by atoms with E-state index >= 15 is 0 Å². The maximum atomic E-state index is 11.0. The lowest BCUT2D eigenvalue weighted by molar-refractivity contribution is 0.157. The number of methoxy groups -OCH3 is 1. The quantitative estimate of drug-likeness (QED) is 0.751. The number of imidazole rings is 1. The zero-order valence-corrected chi connectivity index (χ0v) is 9.51. The van der Waals surface area contributed by atoms with Crippen molar-refractivity contribution in [3.8, 4) is 0 Å². The van der Waals surface area contributed by atoms with Crippen molar-refractivity contribution in [1.29, 1.82) is 0 Å². The fourth-order valence-electron chi connectivity index (χ4n) is 1.32. The van der Waals surface area contributed by atoms with Crippen LogP contribution in [0.4, 0.5) is 4.79 Å². The molecular weight excluding hydrogens is 210 g/mol. The van der Waals surface area contributed by atoms with Gasteiger partial charge in [-0.3, -0.25) is 0 Å². The van der Waals surface area contributed by atoms with E-state index in [1.54, 1.807) is 6.33 Å². The van der Waals surface area contributed by atoms with E-state index in [-0.39, 0.29) is 12.6 Å². The summed E-state index contributed by atoms with van der Waals surface area (Å²) in [7, 11) is 1.29. The highest BCUT2D eigenvalue weighted by atomic mass is 16.5. The lowest BCUT2D eigenvalue weighted by atomic mass is 10.2. The van der Waals surface area contributed by atoms with Crippen LogP contribution in [0.1, 0.15) is 12.6 Å². The number of alkyl carbamates (subject to hydrolysis) is 1. The van der Waals surface area contributed by atoms with Gasteiger partial charge in [0.1, 0.15) is 0 Å². The number of nitrogens with zero attached hydrogens (tertiary/aromatic N) is 2. The molecule has 1 heterocycles. The molecule has 0 aliphatic carbocycles. The summed E-state index contributed by atoms with van der Waals surface area (Å²) in [4.78, 5) is 15.1. The van der Waals surface area contributed by atoms with E-state index in [0.717, 1.165) is 12.2 Å². The van der Waals surface area contributed by atoms with Crippen molar-refractivity contribution in [3.05, 3.63) is 18.2 Å². The summed E-state index contributed by atoms with van der Waals surface area (Å²) in [6, 6.07) is -0.368. The van der Waals surface area contributed by atoms with Crippen LogP contribution in [0.25, 0.3) is 0 Å². The molecule has 0 fully saturated rings. The van der Waals surface area contributed by atoms with Gasteiger partial charge in [0.25, 0.3) is 0 Å². The molecule has 0 aromatic carbocycles. The number of aliphatic hydroxyl groups is 1. The number of aliphatic hydroxyl groups excluding tert-OH is 1. The SMILES string of the molecule is CCn1cnc(CC(CO)NC(=O)OC)c1. The summed E-state index contributed by atoms with van der Waals surface area (Å²) in [5.41, 5.74) is 0.831. The monoisotopic (exact) mass is 227 g/mol. The first-order chi connectivity index (χ1) is 7.69. The van der Waals surface area contributed by atoms with Crippen molar-refractivity contribution in [2.24, 2.45) is 0 Å². The number of amides is 1. The minimum atomic E-state index is -0.547. The fraction of sp³-hybridized carbons (Fsp3) is 0.600. The smallest absolute Gasteiger partial charge is 0.407 e. The van der Waals surface area contributed by atoms with Crippen LogP contribution in [-0.2, 0) is 17.7 Å². The van der Waals surface area contributed by atoms with Gasteiger partial charge in [-0.15, -0.1) is 0 Å². The van der Waals surface area contributed by atoms with E-state index in [2.05, 4.69) is 15.0 Å². The minimum absolute atomic E-state index is 0.145. The maximum absolute atomic E-state index is 11.0. The number of aryl methyl sites for hydroxylation is 1. The summed E-state index contributed by atoms with van der Waals surface area (Å²) >= 11 is 0. The summed E-state index contributed by atoms with van der Waals surface area (Å²) in [6.45, 7) is 2.72. The zero-order chi connectivity index (χ0) is 12.0. The Morgan fingerprint density at radius 2 is 2.50 bits per heavy atom. The van der Waals surface area contributed by atoms with Gasteiger partial charge in [0.2, 0.25) is 0 Å². The number of carbonyl (C=O) groups excluding carboxylic acids is 1. The third-order valence-electron chi connectivity index (χ3n) is 2.24. The van der Waals surface area contributed by atoms with Crippen LogP contribution in [0.3, 0.4) is 0 Å². The van der Waals surface area contributed by atoms with Crippen LogP contribution in [0.5, 0.6) is 0 Å². The summed E-state index contributed by atoms with van der Waals surface area (Å²) in [6.07, 6.45) is 3.55. The number of nitrogens with one attached hydrogen (secondary N) is 1. The van der Waals surface area contributed by atoms with Crippen molar-refractivity contribution < 1.29 is 14.6 Å². The van der Waals surface area contributed by atoms with Crippen LogP contribution >= 0.6 is 0 Å². The Bertz CT molecular complexity index is 338. The van der Waals surface area contributed by atoms with Gasteiger partial charge in [0.15, 0.2) is 0 Å². The highest BCUT2D eigenvalue weighted by Crippen LogP contribution is 2.01. The van der Waals surface area contributed by atoms with Gasteiger partial charge in [-0.2, -0.15) is 0 Å². The van der Waals surface area contributed by atoms with E-state index in [1.807, 2.05) is 17.7 Å². The van der Waals surface area contributed by atoms with Crippen LogP contribution in [0.2, 0.25) is 0 Å². The molecule has 0 spiro atoms. The van der Waals surface area contributed by atoms with Gasteiger partial charge < -0.3 is 19.7 Å². The molecule has 0 saturated heterocycles. The molecule has 0 bridgehead atoms. The number of aromatic nitrogens is 2. The molecule has 0 aliphatic heterocycles. The van der Waals surface area contributed by atoms with Crippen molar-refractivity contribution in [3.63, 3.8) is 0 Å². The van der Waals surface area contributed by atoms with Crippen molar-refractivity contribution in [1.82, 2.24) is 14.9 Å². The maximum Gasteiger partial charge on any atom is 0.407 e. The first kappa shape index (κ1) is 12.5. The molecule has 0 saturated carbocycles. The van der Waals surface area contributed by atoms with E-state index in [0.29, 0.717) is 6.42 Å². The van der Waals surface area contributed by atoms with Crippen LogP contribution in [0.15, 0.2) is 12.5 Å². The van der Waals surface area contributed by atoms with Crippen LogP contribution in [0, 0.1) is 0 Å². The Morgan fingerprint density at radius 1 is 1.75 bits per heavy atom. The van der Waals surface area contributed by atoms with Crippen LogP contribution in [-0.4, -0.2) is 40.5 Å². The minimum Gasteiger partial charge on any atom is -0.453 e. The van der Waals surface area contributed by atoms with E-state index in [1.165, 1.54) is 7.11 Å². The Morgan fingerprint density at radius 3 is 3.00 bits per heavy atom. The second-order valence-corrected chi connectivity index (χ2v) is 3.41. The highest BCUT2D eigenvalue weighted by molar-refractivity contribution is 5.67. The Labute approximate surface area is 94.2 Å². The Kier molecular flexibility index (Phi) is 4.78. The second-order valence-electron chi connectivity index (χ2n) is 3.41. The average Bonchev–Trinajstić information content (AvgIpc) is 2.75. The Hall–Kier alpha value is -1.56. The summed E-state index contributed by atoms with van der Waals surface area (Å²) in [5, 5.41) is 11.6. The first-order valence-electron chi connectivity index (χ1n) is 5.15. The zero-order valence-electron chi connectivity index (χ0n) is 9.51. The third kappa shape index (κ3) is 3.54. The average molecular weight is 227 g/mol. The molecule has 1 amide bonds. The van der Waals surface area contributed by atoms with E-state index in [9.17, 15) is 4.79 Å². The largest absolute Gasteiger partial charge is 0.453 e. The molecule has 1 unspecified atom stereocenters. The third-order valence-corrected chi connectivity index (χ3v) is 2.24. The standard InChI is InChI=1S/C10H17N3O3/c1-3-13-5-8(11-7-13)4-9(6-14)12-10(15)16-2/h5,7,9,14H,3-4,6H2,1-2H3,(H,12,15). The molecule has 1 rings (SSSR count). The first-order valence-corrected chi connectivity index (χ1v) is 5.15. The topological polar surface area (TPSA) is 76.4 Å². The second kappa shape index (κ2) is 6.12. The molecule has 1 aromatic rings. The molecule has 0 aliphatic rings. The normalized spacial score (nSPS) is 12.2. The van der Waals surface area contributed by atoms with Gasteiger partial charge in [0.05, 0.1) is 31.8 Å². The molecule has 90 valence electrons. The summed E-state index contributed by atoms with van der Waals surface area (Å²) < 4.78 is 6.39. The molecule has 16 heavy (non-hydrogen) atoms. The molecule has 6 heteroatoms. The molecule has 1 atom stereocenters. The molecule has 0 radical (unpaired) electrons. The van der Waals surface area contributed by atoms with E-state index in [4.69, 9.17) is 5.11 Å². The molecular formula is C10H17N3O3. The lowest BCUT2D eigenvalue weighted by Gasteiger charge is -2.13. The van der Waals surface area contributed by atoms with Gasteiger partial charge in [-0.1, -0.05) is 0 Å². The number of rotatable bonds is 5. The molecule has 1 aromatic heterocycles. The number of hydrogen-bond donors (Lipinski definition) is 2. The number of ether oxygens (including phenoxy) is 1. The molecule has 2 N–H and O–H groups in total. The van der Waals surface area contributed by atoms with E-state index < -0.39 is 6.09 Å². The van der Waals surface area contributed by atoms with Crippen molar-refractivity contribution in [2.45, 2.75) is 25.9 Å². The van der Waals surface area contributed by atoms with Crippen molar-refractivity contribution in [2.75, 3.05) is 13.7 Å². The Balaban J connectivity index is 2.52. The molecule has 6 nitrogen and oxygen atoms in total. The van der Waals surface area contributed by atoms with Gasteiger partial charge >= 0.3 is 6.09 Å². The lowest BCUT2D eigenvalue weighted by Crippen LogP contribution is -2.39. The summed E-state index contributed by atoms with van der Waals surface area (Å²) in [5.74, 6) is 0. The highest BCUT2D eigenvalue weighted by Gasteiger charge is 2.13. The van der Waals surface area contributed by atoms with Gasteiger partial charge in [-0.25, -0.2) is 9.78 Å². The van der Waals surface area contributed by atoms with Gasteiger partial charge in [-0.05, 0) is 6.92 Å². The predicted octanol–water partition coefficient (Wildman–Crippen LogP) is 0.162. The fourth-order valence-corrected chi connectivity index (χ4v) is 1.32. The number of carbonyl (C=O) groups is 1. The van der Waals surface area contributed by atoms with Gasteiger partial charge in [0, 0.05) is 19.2 Å². The predicted molar refractivity (Wildman–Crippen MR) is 58.0 cm³/mol. The number of hydrogen-bond acceptors (Lipinski definition) is 4.